The van der Waals surface area contributed by atoms with E-state index in [9.17, 15) is 14.9 Å². The molecule has 0 radical (unpaired) electrons. The van der Waals surface area contributed by atoms with E-state index in [-0.39, 0.29) is 11.6 Å². The second-order valence-electron chi connectivity index (χ2n) is 5.63. The van der Waals surface area contributed by atoms with Crippen LogP contribution in [0.5, 0.6) is 0 Å². The number of aromatic nitrogens is 1. The minimum absolute atomic E-state index is 0.000719. The Kier molecular flexibility index (Phi) is 5.87. The standard InChI is InChI=1S/C19H15N5O3S/c25-18(17-6-1-2-11-20-17)21-14-4-3-5-15(12-14)23-19(28)22-13-7-9-16(10-8-13)24(26)27/h1-12H,(H,21,25)(H2,22,23,28). The van der Waals surface area contributed by atoms with Crippen LogP contribution in [-0.2, 0) is 0 Å². The molecule has 1 aromatic heterocycles. The lowest BCUT2D eigenvalue weighted by molar-refractivity contribution is -0.384. The highest BCUT2D eigenvalue weighted by molar-refractivity contribution is 7.80. The summed E-state index contributed by atoms with van der Waals surface area (Å²) in [5, 5.41) is 19.7. The van der Waals surface area contributed by atoms with Crippen molar-refractivity contribution in [3.63, 3.8) is 0 Å². The van der Waals surface area contributed by atoms with E-state index in [4.69, 9.17) is 12.2 Å². The fourth-order valence-electron chi connectivity index (χ4n) is 2.33. The van der Waals surface area contributed by atoms with Crippen LogP contribution in [0.1, 0.15) is 10.5 Å². The van der Waals surface area contributed by atoms with Crippen LogP contribution in [0.4, 0.5) is 22.7 Å². The largest absolute Gasteiger partial charge is 0.332 e. The molecule has 0 aliphatic heterocycles. The summed E-state index contributed by atoms with van der Waals surface area (Å²) in [7, 11) is 0. The number of nitro benzene ring substituents is 1. The van der Waals surface area contributed by atoms with Crippen molar-refractivity contribution in [2.24, 2.45) is 0 Å². The van der Waals surface area contributed by atoms with Crippen molar-refractivity contribution < 1.29 is 9.72 Å². The van der Waals surface area contributed by atoms with E-state index in [1.807, 2.05) is 0 Å². The number of rotatable bonds is 5. The molecule has 8 nitrogen and oxygen atoms in total. The van der Waals surface area contributed by atoms with Gasteiger partial charge in [0.2, 0.25) is 0 Å². The van der Waals surface area contributed by atoms with Gasteiger partial charge in [0.05, 0.1) is 4.92 Å². The first-order valence-corrected chi connectivity index (χ1v) is 8.57. The van der Waals surface area contributed by atoms with Gasteiger partial charge in [0.25, 0.3) is 11.6 Å². The molecule has 0 saturated heterocycles. The monoisotopic (exact) mass is 393 g/mol. The molecule has 0 atom stereocenters. The lowest BCUT2D eigenvalue weighted by atomic mass is 10.2. The maximum atomic E-state index is 12.2. The third-order valence-corrected chi connectivity index (χ3v) is 3.82. The van der Waals surface area contributed by atoms with Crippen LogP contribution in [0.3, 0.4) is 0 Å². The predicted octanol–water partition coefficient (Wildman–Crippen LogP) is 4.05. The van der Waals surface area contributed by atoms with Crippen LogP contribution in [-0.4, -0.2) is 20.9 Å². The summed E-state index contributed by atoms with van der Waals surface area (Å²) in [6, 6.07) is 18.0. The third kappa shape index (κ3) is 5.08. The van der Waals surface area contributed by atoms with E-state index in [0.717, 1.165) is 0 Å². The Morgan fingerprint density at radius 3 is 2.21 bits per heavy atom. The number of carbonyl (C=O) groups is 1. The number of non-ortho nitro benzene ring substituents is 1. The Bertz CT molecular complexity index is 1010. The van der Waals surface area contributed by atoms with E-state index in [1.165, 1.54) is 12.1 Å². The number of pyridine rings is 1. The number of carbonyl (C=O) groups excluding carboxylic acids is 1. The number of nitrogens with one attached hydrogen (secondary N) is 3. The van der Waals surface area contributed by atoms with Crippen LogP contribution in [0.2, 0.25) is 0 Å². The molecular weight excluding hydrogens is 378 g/mol. The van der Waals surface area contributed by atoms with Gasteiger partial charge in [-0.25, -0.2) is 0 Å². The Morgan fingerprint density at radius 1 is 0.893 bits per heavy atom. The Hall–Kier alpha value is -3.85. The lowest BCUT2D eigenvalue weighted by Crippen LogP contribution is -2.19. The molecule has 1 heterocycles. The van der Waals surface area contributed by atoms with Gasteiger partial charge in [-0.3, -0.25) is 19.9 Å². The number of nitrogens with zero attached hydrogens (tertiary/aromatic N) is 2. The molecule has 2 aromatic carbocycles. The summed E-state index contributed by atoms with van der Waals surface area (Å²) in [5.41, 5.74) is 2.18. The minimum atomic E-state index is -0.467. The Balaban J connectivity index is 1.61. The minimum Gasteiger partial charge on any atom is -0.332 e. The second kappa shape index (κ2) is 8.69. The summed E-state index contributed by atoms with van der Waals surface area (Å²) in [6.45, 7) is 0. The van der Waals surface area contributed by atoms with Crippen molar-refractivity contribution in [3.8, 4) is 0 Å². The number of thiocarbonyl (C=S) groups is 1. The van der Waals surface area contributed by atoms with Crippen LogP contribution in [0, 0.1) is 10.1 Å². The average Bonchev–Trinajstić information content (AvgIpc) is 2.69. The zero-order valence-electron chi connectivity index (χ0n) is 14.5. The highest BCUT2D eigenvalue weighted by Crippen LogP contribution is 2.18. The molecule has 0 fully saturated rings. The van der Waals surface area contributed by atoms with Gasteiger partial charge in [0, 0.05) is 35.4 Å². The highest BCUT2D eigenvalue weighted by atomic mass is 32.1. The first kappa shape index (κ1) is 18.9. The normalized spacial score (nSPS) is 10.0. The van der Waals surface area contributed by atoms with Crippen LogP contribution < -0.4 is 16.0 Å². The third-order valence-electron chi connectivity index (χ3n) is 3.61. The molecule has 0 unspecified atom stereocenters. The molecule has 3 N–H and O–H groups in total. The van der Waals surface area contributed by atoms with Gasteiger partial charge in [0.15, 0.2) is 5.11 Å². The SMILES string of the molecule is O=C(Nc1cccc(NC(=S)Nc2ccc([N+](=O)[O-])cc2)c1)c1ccccn1. The molecule has 28 heavy (non-hydrogen) atoms. The van der Waals surface area contributed by atoms with E-state index >= 15 is 0 Å². The van der Waals surface area contributed by atoms with Gasteiger partial charge < -0.3 is 16.0 Å². The van der Waals surface area contributed by atoms with E-state index in [1.54, 1.807) is 60.8 Å². The number of amides is 1. The van der Waals surface area contributed by atoms with E-state index < -0.39 is 4.92 Å². The molecule has 0 bridgehead atoms. The fourth-order valence-corrected chi connectivity index (χ4v) is 2.56. The summed E-state index contributed by atoms with van der Waals surface area (Å²) in [5.74, 6) is -0.315. The summed E-state index contributed by atoms with van der Waals surface area (Å²) in [6.07, 6.45) is 1.55. The van der Waals surface area contributed by atoms with Crippen molar-refractivity contribution in [2.45, 2.75) is 0 Å². The van der Waals surface area contributed by atoms with E-state index in [2.05, 4.69) is 20.9 Å². The smallest absolute Gasteiger partial charge is 0.274 e. The molecule has 3 aromatic rings. The number of benzene rings is 2. The molecule has 0 spiro atoms. The quantitative estimate of drug-likeness (QED) is 0.341. The van der Waals surface area contributed by atoms with Gasteiger partial charge in [-0.1, -0.05) is 12.1 Å². The number of anilines is 3. The molecule has 9 heteroatoms. The topological polar surface area (TPSA) is 109 Å². The molecule has 0 saturated carbocycles. The maximum absolute atomic E-state index is 12.2. The summed E-state index contributed by atoms with van der Waals surface area (Å²) >= 11 is 5.26. The van der Waals surface area contributed by atoms with Crippen LogP contribution >= 0.6 is 12.2 Å². The number of hydrogen-bond acceptors (Lipinski definition) is 5. The van der Waals surface area contributed by atoms with Gasteiger partial charge in [0.1, 0.15) is 5.69 Å². The fraction of sp³-hybridized carbons (Fsp3) is 0. The zero-order valence-corrected chi connectivity index (χ0v) is 15.3. The molecular formula is C19H15N5O3S. The van der Waals surface area contributed by atoms with Gasteiger partial charge >= 0.3 is 0 Å². The average molecular weight is 393 g/mol. The van der Waals surface area contributed by atoms with E-state index in [0.29, 0.717) is 27.9 Å². The molecule has 1 amide bonds. The number of hydrogen-bond donors (Lipinski definition) is 3. The molecule has 140 valence electrons. The van der Waals surface area contributed by atoms with Gasteiger partial charge in [-0.05, 0) is 54.7 Å². The van der Waals surface area contributed by atoms with Crippen LogP contribution in [0.25, 0.3) is 0 Å². The lowest BCUT2D eigenvalue weighted by Gasteiger charge is -2.12. The van der Waals surface area contributed by atoms with Crippen molar-refractivity contribution in [1.29, 1.82) is 0 Å². The Labute approximate surface area is 165 Å². The molecule has 3 rings (SSSR count). The first-order chi connectivity index (χ1) is 13.5. The second-order valence-corrected chi connectivity index (χ2v) is 6.04. The Morgan fingerprint density at radius 2 is 1.57 bits per heavy atom. The zero-order chi connectivity index (χ0) is 19.9. The van der Waals surface area contributed by atoms with Crippen LogP contribution in [0.15, 0.2) is 72.9 Å². The van der Waals surface area contributed by atoms with Gasteiger partial charge in [-0.2, -0.15) is 0 Å². The van der Waals surface area contributed by atoms with Crippen molar-refractivity contribution >= 4 is 46.0 Å². The molecule has 0 aliphatic carbocycles. The van der Waals surface area contributed by atoms with Gasteiger partial charge in [-0.15, -0.1) is 0 Å². The summed E-state index contributed by atoms with van der Waals surface area (Å²) in [4.78, 5) is 26.4. The number of nitro groups is 1. The maximum Gasteiger partial charge on any atom is 0.274 e. The highest BCUT2D eigenvalue weighted by Gasteiger charge is 2.08. The summed E-state index contributed by atoms with van der Waals surface area (Å²) < 4.78 is 0. The first-order valence-electron chi connectivity index (χ1n) is 8.16. The van der Waals surface area contributed by atoms with Crippen molar-refractivity contribution in [1.82, 2.24) is 4.98 Å². The van der Waals surface area contributed by atoms with Crippen molar-refractivity contribution in [2.75, 3.05) is 16.0 Å². The van der Waals surface area contributed by atoms with Crippen molar-refractivity contribution in [3.05, 3.63) is 88.7 Å². The molecule has 0 aliphatic rings. The predicted molar refractivity (Wildman–Crippen MR) is 112 cm³/mol.